The Morgan fingerprint density at radius 2 is 2.33 bits per heavy atom. The van der Waals surface area contributed by atoms with Crippen molar-refractivity contribution in [2.45, 2.75) is 33.4 Å². The molecule has 0 fully saturated rings. The van der Waals surface area contributed by atoms with Gasteiger partial charge < -0.3 is 10.6 Å². The molecule has 0 saturated carbocycles. The second-order valence-electron chi connectivity index (χ2n) is 3.63. The Balaban J connectivity index is 2.50. The molecule has 0 unspecified atom stereocenters. The van der Waals surface area contributed by atoms with Gasteiger partial charge in [0.05, 0.1) is 6.54 Å². The summed E-state index contributed by atoms with van der Waals surface area (Å²) in [5.74, 6) is 0.888. The van der Waals surface area contributed by atoms with Crippen molar-refractivity contribution in [2.24, 2.45) is 4.99 Å². The first-order valence-electron chi connectivity index (χ1n) is 5.28. The highest BCUT2D eigenvalue weighted by atomic mass is 32.1. The van der Waals surface area contributed by atoms with E-state index < -0.39 is 0 Å². The van der Waals surface area contributed by atoms with Crippen LogP contribution in [0.25, 0.3) is 0 Å². The molecule has 84 valence electrons. The quantitative estimate of drug-likeness (QED) is 0.609. The summed E-state index contributed by atoms with van der Waals surface area (Å²) in [5, 5.41) is 10.7. The van der Waals surface area contributed by atoms with Gasteiger partial charge in [-0.1, -0.05) is 0 Å². The first-order valence-corrected chi connectivity index (χ1v) is 6.22. The molecule has 0 aliphatic rings. The Bertz CT molecular complexity index is 291. The van der Waals surface area contributed by atoms with Crippen molar-refractivity contribution in [3.8, 4) is 0 Å². The van der Waals surface area contributed by atoms with E-state index >= 15 is 0 Å². The number of rotatable bonds is 4. The number of aliphatic imine (C=N–C) groups is 1. The smallest absolute Gasteiger partial charge is 0.191 e. The van der Waals surface area contributed by atoms with Gasteiger partial charge in [-0.25, -0.2) is 4.99 Å². The minimum atomic E-state index is 0.408. The molecule has 0 atom stereocenters. The van der Waals surface area contributed by atoms with Gasteiger partial charge in [0.1, 0.15) is 0 Å². The van der Waals surface area contributed by atoms with Gasteiger partial charge >= 0.3 is 0 Å². The summed E-state index contributed by atoms with van der Waals surface area (Å²) in [6.07, 6.45) is 0. The van der Waals surface area contributed by atoms with Crippen LogP contribution in [0.15, 0.2) is 21.8 Å². The summed E-state index contributed by atoms with van der Waals surface area (Å²) >= 11 is 1.71. The minimum absolute atomic E-state index is 0.408. The molecule has 1 aromatic rings. The van der Waals surface area contributed by atoms with Crippen LogP contribution in [-0.4, -0.2) is 18.5 Å². The highest BCUT2D eigenvalue weighted by Gasteiger charge is 1.99. The van der Waals surface area contributed by atoms with E-state index in [1.54, 1.807) is 11.3 Å². The topological polar surface area (TPSA) is 36.4 Å². The van der Waals surface area contributed by atoms with Crippen LogP contribution in [0, 0.1) is 0 Å². The fourth-order valence-electron chi connectivity index (χ4n) is 1.15. The average molecular weight is 225 g/mol. The van der Waals surface area contributed by atoms with Crippen molar-refractivity contribution < 1.29 is 0 Å². The Hall–Kier alpha value is -1.03. The van der Waals surface area contributed by atoms with E-state index in [9.17, 15) is 0 Å². The van der Waals surface area contributed by atoms with E-state index in [2.05, 4.69) is 53.2 Å². The van der Waals surface area contributed by atoms with Crippen LogP contribution in [0.3, 0.4) is 0 Å². The lowest BCUT2D eigenvalue weighted by Gasteiger charge is -2.13. The molecular formula is C11H19N3S. The third-order valence-corrected chi connectivity index (χ3v) is 2.50. The van der Waals surface area contributed by atoms with Gasteiger partial charge in [0.15, 0.2) is 5.96 Å². The van der Waals surface area contributed by atoms with Crippen molar-refractivity contribution >= 4 is 17.3 Å². The SMILES string of the molecule is CCNC(=NCc1ccsc1)NC(C)C. The van der Waals surface area contributed by atoms with Gasteiger partial charge in [0.2, 0.25) is 0 Å². The predicted octanol–water partition coefficient (Wildman–Crippen LogP) is 2.21. The van der Waals surface area contributed by atoms with Crippen molar-refractivity contribution in [3.63, 3.8) is 0 Å². The number of thiophene rings is 1. The monoisotopic (exact) mass is 225 g/mol. The largest absolute Gasteiger partial charge is 0.357 e. The standard InChI is InChI=1S/C11H19N3S/c1-4-12-11(14-9(2)3)13-7-10-5-6-15-8-10/h5-6,8-9H,4,7H2,1-3H3,(H2,12,13,14). The molecule has 3 nitrogen and oxygen atoms in total. The van der Waals surface area contributed by atoms with E-state index in [1.807, 2.05) is 0 Å². The summed E-state index contributed by atoms with van der Waals surface area (Å²) in [6.45, 7) is 7.92. The maximum absolute atomic E-state index is 4.50. The molecule has 0 amide bonds. The Morgan fingerprint density at radius 1 is 1.53 bits per heavy atom. The number of nitrogens with zero attached hydrogens (tertiary/aromatic N) is 1. The Kier molecular flexibility index (Phi) is 5.18. The number of guanidine groups is 1. The van der Waals surface area contributed by atoms with Gasteiger partial charge in [-0.05, 0) is 43.2 Å². The summed E-state index contributed by atoms with van der Waals surface area (Å²) in [4.78, 5) is 4.50. The van der Waals surface area contributed by atoms with Gasteiger partial charge in [-0.3, -0.25) is 0 Å². The number of hydrogen-bond donors (Lipinski definition) is 2. The molecule has 0 aliphatic heterocycles. The first kappa shape index (κ1) is 12.0. The van der Waals surface area contributed by atoms with Crippen molar-refractivity contribution in [2.75, 3.05) is 6.54 Å². The second-order valence-corrected chi connectivity index (χ2v) is 4.41. The maximum Gasteiger partial charge on any atom is 0.191 e. The molecule has 0 spiro atoms. The van der Waals surface area contributed by atoms with Gasteiger partial charge in [-0.15, -0.1) is 0 Å². The highest BCUT2D eigenvalue weighted by molar-refractivity contribution is 7.07. The first-order chi connectivity index (χ1) is 7.22. The zero-order valence-corrected chi connectivity index (χ0v) is 10.4. The number of hydrogen-bond acceptors (Lipinski definition) is 2. The van der Waals surface area contributed by atoms with Crippen molar-refractivity contribution in [3.05, 3.63) is 22.4 Å². The molecule has 0 aliphatic carbocycles. The number of nitrogens with one attached hydrogen (secondary N) is 2. The highest BCUT2D eigenvalue weighted by Crippen LogP contribution is 2.06. The lowest BCUT2D eigenvalue weighted by molar-refractivity contribution is 0.701. The zero-order chi connectivity index (χ0) is 11.1. The zero-order valence-electron chi connectivity index (χ0n) is 9.58. The summed E-state index contributed by atoms with van der Waals surface area (Å²) in [7, 11) is 0. The van der Waals surface area contributed by atoms with Crippen LogP contribution < -0.4 is 10.6 Å². The van der Waals surface area contributed by atoms with Crippen molar-refractivity contribution in [1.82, 2.24) is 10.6 Å². The van der Waals surface area contributed by atoms with E-state index in [0.29, 0.717) is 6.04 Å². The van der Waals surface area contributed by atoms with Crippen LogP contribution in [0.5, 0.6) is 0 Å². The molecule has 0 saturated heterocycles. The summed E-state index contributed by atoms with van der Waals surface area (Å²) in [5.41, 5.74) is 1.26. The van der Waals surface area contributed by atoms with Crippen LogP contribution in [0.4, 0.5) is 0 Å². The molecule has 4 heteroatoms. The summed E-state index contributed by atoms with van der Waals surface area (Å²) in [6, 6.07) is 2.51. The third-order valence-electron chi connectivity index (χ3n) is 1.77. The molecule has 1 aromatic heterocycles. The molecular weight excluding hydrogens is 206 g/mol. The Labute approximate surface area is 95.6 Å². The fraction of sp³-hybridized carbons (Fsp3) is 0.545. The molecule has 2 N–H and O–H groups in total. The summed E-state index contributed by atoms with van der Waals surface area (Å²) < 4.78 is 0. The van der Waals surface area contributed by atoms with Gasteiger partial charge in [-0.2, -0.15) is 11.3 Å². The van der Waals surface area contributed by atoms with Crippen LogP contribution >= 0.6 is 11.3 Å². The van der Waals surface area contributed by atoms with Gasteiger partial charge in [0, 0.05) is 12.6 Å². The minimum Gasteiger partial charge on any atom is -0.357 e. The molecule has 0 aromatic carbocycles. The van der Waals surface area contributed by atoms with Crippen LogP contribution in [0.2, 0.25) is 0 Å². The maximum atomic E-state index is 4.50. The molecule has 15 heavy (non-hydrogen) atoms. The predicted molar refractivity (Wildman–Crippen MR) is 67.4 cm³/mol. The molecule has 0 bridgehead atoms. The lowest BCUT2D eigenvalue weighted by atomic mass is 10.3. The van der Waals surface area contributed by atoms with Crippen LogP contribution in [-0.2, 0) is 6.54 Å². The average Bonchev–Trinajstić information content (AvgIpc) is 2.66. The van der Waals surface area contributed by atoms with Crippen molar-refractivity contribution in [1.29, 1.82) is 0 Å². The van der Waals surface area contributed by atoms with Crippen LogP contribution in [0.1, 0.15) is 26.3 Å². The lowest BCUT2D eigenvalue weighted by Crippen LogP contribution is -2.40. The van der Waals surface area contributed by atoms with Gasteiger partial charge in [0.25, 0.3) is 0 Å². The second kappa shape index (κ2) is 6.45. The molecule has 0 radical (unpaired) electrons. The normalized spacial score (nSPS) is 11.9. The molecule has 1 heterocycles. The van der Waals surface area contributed by atoms with E-state index in [0.717, 1.165) is 19.0 Å². The van der Waals surface area contributed by atoms with E-state index in [1.165, 1.54) is 5.56 Å². The van der Waals surface area contributed by atoms with E-state index in [-0.39, 0.29) is 0 Å². The van der Waals surface area contributed by atoms with E-state index in [4.69, 9.17) is 0 Å². The fourth-order valence-corrected chi connectivity index (χ4v) is 1.81. The third kappa shape index (κ3) is 4.83. The Morgan fingerprint density at radius 3 is 2.87 bits per heavy atom. The molecule has 1 rings (SSSR count).